The summed E-state index contributed by atoms with van der Waals surface area (Å²) in [5.74, 6) is 0.0335. The normalized spacial score (nSPS) is 10.7. The molecule has 0 unspecified atom stereocenters. The third-order valence-corrected chi connectivity index (χ3v) is 5.10. The van der Waals surface area contributed by atoms with E-state index in [-0.39, 0.29) is 5.91 Å². The molecule has 0 aliphatic carbocycles. The van der Waals surface area contributed by atoms with Gasteiger partial charge in [-0.1, -0.05) is 6.07 Å². The highest BCUT2D eigenvalue weighted by Crippen LogP contribution is 2.25. The van der Waals surface area contributed by atoms with E-state index in [1.807, 2.05) is 43.9 Å². The third-order valence-electron chi connectivity index (χ3n) is 3.49. The van der Waals surface area contributed by atoms with Gasteiger partial charge in [-0.2, -0.15) is 0 Å². The molecule has 1 aromatic heterocycles. The molecule has 1 amide bonds. The van der Waals surface area contributed by atoms with Crippen molar-refractivity contribution >= 4 is 38.9 Å². The zero-order chi connectivity index (χ0) is 15.6. The molecular formula is C16H19BrN2OS. The van der Waals surface area contributed by atoms with Crippen LogP contribution in [-0.2, 0) is 6.54 Å². The van der Waals surface area contributed by atoms with Gasteiger partial charge in [-0.25, -0.2) is 0 Å². The molecule has 2 aromatic rings. The third kappa shape index (κ3) is 3.66. The molecule has 2 rings (SSSR count). The van der Waals surface area contributed by atoms with Gasteiger partial charge in [0.15, 0.2) is 0 Å². The van der Waals surface area contributed by atoms with Gasteiger partial charge in [0.1, 0.15) is 0 Å². The van der Waals surface area contributed by atoms with Crippen molar-refractivity contribution in [1.82, 2.24) is 4.90 Å². The number of halogens is 1. The molecule has 2 N–H and O–H groups in total. The molecule has 21 heavy (non-hydrogen) atoms. The average molecular weight is 367 g/mol. The number of amides is 1. The quantitative estimate of drug-likeness (QED) is 0.816. The first-order valence-electron chi connectivity index (χ1n) is 6.82. The minimum absolute atomic E-state index is 0.0335. The molecule has 0 bridgehead atoms. The van der Waals surface area contributed by atoms with Crippen molar-refractivity contribution in [3.05, 3.63) is 49.6 Å². The number of carbonyl (C=O) groups excluding carboxylic acids is 1. The Hall–Kier alpha value is -1.33. The Balaban J connectivity index is 2.26. The molecule has 0 saturated carbocycles. The van der Waals surface area contributed by atoms with Crippen LogP contribution in [0.4, 0.5) is 5.69 Å². The van der Waals surface area contributed by atoms with E-state index >= 15 is 0 Å². The lowest BCUT2D eigenvalue weighted by atomic mass is 10.0. The van der Waals surface area contributed by atoms with Crippen molar-refractivity contribution in [3.63, 3.8) is 0 Å². The van der Waals surface area contributed by atoms with Crippen LogP contribution in [-0.4, -0.2) is 17.4 Å². The van der Waals surface area contributed by atoms with Crippen LogP contribution < -0.4 is 5.73 Å². The van der Waals surface area contributed by atoms with Crippen LogP contribution in [0, 0.1) is 13.8 Å². The molecule has 0 aliphatic heterocycles. The van der Waals surface area contributed by atoms with Crippen LogP contribution in [0.25, 0.3) is 0 Å². The first kappa shape index (κ1) is 16.0. The van der Waals surface area contributed by atoms with Crippen molar-refractivity contribution in [1.29, 1.82) is 0 Å². The van der Waals surface area contributed by atoms with E-state index in [1.165, 1.54) is 0 Å². The van der Waals surface area contributed by atoms with Crippen LogP contribution >= 0.6 is 27.3 Å². The molecule has 0 fully saturated rings. The summed E-state index contributed by atoms with van der Waals surface area (Å²) in [6.45, 7) is 7.19. The van der Waals surface area contributed by atoms with Gasteiger partial charge in [0.05, 0.1) is 10.3 Å². The van der Waals surface area contributed by atoms with Gasteiger partial charge >= 0.3 is 0 Å². The van der Waals surface area contributed by atoms with Crippen molar-refractivity contribution in [3.8, 4) is 0 Å². The number of aryl methyl sites for hydroxylation is 2. The van der Waals surface area contributed by atoms with Gasteiger partial charge in [0.25, 0.3) is 5.91 Å². The maximum absolute atomic E-state index is 12.7. The standard InChI is InChI=1S/C16H19BrN2OS/c1-4-19(9-12-5-6-15(17)21-12)16(20)13-8-14(18)11(3)7-10(13)2/h5-8H,4,9,18H2,1-3H3. The largest absolute Gasteiger partial charge is 0.398 e. The van der Waals surface area contributed by atoms with E-state index in [2.05, 4.69) is 15.9 Å². The first-order chi connectivity index (χ1) is 9.92. The topological polar surface area (TPSA) is 46.3 Å². The van der Waals surface area contributed by atoms with Crippen LogP contribution in [0.2, 0.25) is 0 Å². The number of anilines is 1. The molecule has 0 radical (unpaired) electrons. The van der Waals surface area contributed by atoms with Crippen molar-refractivity contribution < 1.29 is 4.79 Å². The molecule has 0 atom stereocenters. The van der Waals surface area contributed by atoms with Crippen LogP contribution in [0.15, 0.2) is 28.1 Å². The van der Waals surface area contributed by atoms with Crippen LogP contribution in [0.5, 0.6) is 0 Å². The van der Waals surface area contributed by atoms with E-state index in [0.29, 0.717) is 24.3 Å². The van der Waals surface area contributed by atoms with E-state index < -0.39 is 0 Å². The minimum atomic E-state index is 0.0335. The minimum Gasteiger partial charge on any atom is -0.398 e. The van der Waals surface area contributed by atoms with Gasteiger partial charge in [-0.3, -0.25) is 4.79 Å². The molecular weight excluding hydrogens is 348 g/mol. The van der Waals surface area contributed by atoms with Gasteiger partial charge in [0.2, 0.25) is 0 Å². The number of rotatable bonds is 4. The fourth-order valence-corrected chi connectivity index (χ4v) is 3.72. The number of hydrogen-bond donors (Lipinski definition) is 1. The Morgan fingerprint density at radius 3 is 2.57 bits per heavy atom. The fraction of sp³-hybridized carbons (Fsp3) is 0.312. The Morgan fingerprint density at radius 1 is 1.29 bits per heavy atom. The maximum atomic E-state index is 12.7. The summed E-state index contributed by atoms with van der Waals surface area (Å²) >= 11 is 5.11. The summed E-state index contributed by atoms with van der Waals surface area (Å²) < 4.78 is 1.08. The maximum Gasteiger partial charge on any atom is 0.254 e. The summed E-state index contributed by atoms with van der Waals surface area (Å²) in [5.41, 5.74) is 9.28. The summed E-state index contributed by atoms with van der Waals surface area (Å²) in [5, 5.41) is 0. The van der Waals surface area contributed by atoms with Crippen molar-refractivity contribution in [2.45, 2.75) is 27.3 Å². The average Bonchev–Trinajstić information content (AvgIpc) is 2.85. The lowest BCUT2D eigenvalue weighted by molar-refractivity contribution is 0.0753. The fourth-order valence-electron chi connectivity index (χ4n) is 2.22. The summed E-state index contributed by atoms with van der Waals surface area (Å²) in [4.78, 5) is 15.7. The Morgan fingerprint density at radius 2 is 2.00 bits per heavy atom. The lowest BCUT2D eigenvalue weighted by Gasteiger charge is -2.21. The second-order valence-corrected chi connectivity index (χ2v) is 7.60. The van der Waals surface area contributed by atoms with Gasteiger partial charge < -0.3 is 10.6 Å². The van der Waals surface area contributed by atoms with Crippen molar-refractivity contribution in [2.24, 2.45) is 0 Å². The number of thiophene rings is 1. The van der Waals surface area contributed by atoms with Crippen LogP contribution in [0.1, 0.15) is 33.3 Å². The Bertz CT molecular complexity index is 666. The number of hydrogen-bond acceptors (Lipinski definition) is 3. The van der Waals surface area contributed by atoms with Crippen LogP contribution in [0.3, 0.4) is 0 Å². The predicted molar refractivity (Wildman–Crippen MR) is 92.8 cm³/mol. The predicted octanol–water partition coefficient (Wildman–Crippen LogP) is 4.37. The van der Waals surface area contributed by atoms with Gasteiger partial charge in [-0.05, 0) is 66.0 Å². The number of nitrogens with zero attached hydrogens (tertiary/aromatic N) is 1. The van der Waals surface area contributed by atoms with E-state index in [4.69, 9.17) is 5.73 Å². The van der Waals surface area contributed by atoms with Gasteiger partial charge in [0, 0.05) is 22.7 Å². The number of benzene rings is 1. The Kier molecular flexibility index (Phi) is 5.06. The molecule has 5 heteroatoms. The molecule has 1 heterocycles. The molecule has 3 nitrogen and oxygen atoms in total. The monoisotopic (exact) mass is 366 g/mol. The molecule has 0 spiro atoms. The second kappa shape index (κ2) is 6.62. The molecule has 1 aromatic carbocycles. The highest BCUT2D eigenvalue weighted by atomic mass is 79.9. The van der Waals surface area contributed by atoms with E-state index in [1.54, 1.807) is 17.4 Å². The van der Waals surface area contributed by atoms with Gasteiger partial charge in [-0.15, -0.1) is 11.3 Å². The zero-order valence-corrected chi connectivity index (χ0v) is 14.8. The highest BCUT2D eigenvalue weighted by Gasteiger charge is 2.18. The number of nitrogen functional groups attached to an aromatic ring is 1. The Labute approximate surface area is 137 Å². The van der Waals surface area contributed by atoms with E-state index in [9.17, 15) is 4.79 Å². The van der Waals surface area contributed by atoms with Crippen molar-refractivity contribution in [2.75, 3.05) is 12.3 Å². The SMILES string of the molecule is CCN(Cc1ccc(Br)s1)C(=O)c1cc(N)c(C)cc1C. The summed E-state index contributed by atoms with van der Waals surface area (Å²) in [7, 11) is 0. The molecule has 112 valence electrons. The number of nitrogens with two attached hydrogens (primary N) is 1. The lowest BCUT2D eigenvalue weighted by Crippen LogP contribution is -2.30. The molecule has 0 saturated heterocycles. The smallest absolute Gasteiger partial charge is 0.254 e. The number of carbonyl (C=O) groups is 1. The first-order valence-corrected chi connectivity index (χ1v) is 8.43. The summed E-state index contributed by atoms with van der Waals surface area (Å²) in [6, 6.07) is 7.81. The van der Waals surface area contributed by atoms with E-state index in [0.717, 1.165) is 19.8 Å². The summed E-state index contributed by atoms with van der Waals surface area (Å²) in [6.07, 6.45) is 0. The molecule has 0 aliphatic rings. The zero-order valence-electron chi connectivity index (χ0n) is 12.4. The second-order valence-electron chi connectivity index (χ2n) is 5.05. The highest BCUT2D eigenvalue weighted by molar-refractivity contribution is 9.11.